The van der Waals surface area contributed by atoms with Crippen molar-refractivity contribution < 1.29 is 9.53 Å². The molecule has 0 fully saturated rings. The molecule has 0 spiro atoms. The number of carbonyl (C=O) groups is 1. The highest BCUT2D eigenvalue weighted by Gasteiger charge is 2.23. The molecule has 0 radical (unpaired) electrons. The van der Waals surface area contributed by atoms with Crippen molar-refractivity contribution in [3.63, 3.8) is 0 Å². The Balaban J connectivity index is 2.06. The molecule has 16 heavy (non-hydrogen) atoms. The van der Waals surface area contributed by atoms with Crippen molar-refractivity contribution in [1.29, 1.82) is 0 Å². The molecule has 82 valence electrons. The number of ether oxygens (including phenoxy) is 1. The van der Waals surface area contributed by atoms with E-state index in [2.05, 4.69) is 6.58 Å². The van der Waals surface area contributed by atoms with Gasteiger partial charge in [-0.1, -0.05) is 37.0 Å². The van der Waals surface area contributed by atoms with Crippen LogP contribution in [0.25, 0.3) is 0 Å². The van der Waals surface area contributed by atoms with E-state index in [1.165, 1.54) is 5.57 Å². The van der Waals surface area contributed by atoms with E-state index in [0.29, 0.717) is 5.57 Å². The van der Waals surface area contributed by atoms with Gasteiger partial charge in [0.15, 0.2) is 0 Å². The maximum atomic E-state index is 11.4. The zero-order chi connectivity index (χ0) is 11.7. The lowest BCUT2D eigenvalue weighted by Gasteiger charge is -2.16. The molecule has 2 rings (SSSR count). The van der Waals surface area contributed by atoms with E-state index in [-0.39, 0.29) is 12.1 Å². The molecule has 0 heterocycles. The second-order valence-electron chi connectivity index (χ2n) is 4.01. The van der Waals surface area contributed by atoms with Crippen LogP contribution in [0.15, 0.2) is 59.3 Å². The molecule has 2 heteroatoms. The van der Waals surface area contributed by atoms with Gasteiger partial charge in [0, 0.05) is 11.1 Å². The fraction of sp³-hybridized carbons (Fsp3) is 0.214. The normalized spacial score (nSPS) is 18.5. The van der Waals surface area contributed by atoms with Crippen LogP contribution in [0.3, 0.4) is 0 Å². The minimum atomic E-state index is -0.339. The highest BCUT2D eigenvalue weighted by molar-refractivity contribution is 5.87. The topological polar surface area (TPSA) is 26.3 Å². The van der Waals surface area contributed by atoms with Gasteiger partial charge in [0.2, 0.25) is 0 Å². The summed E-state index contributed by atoms with van der Waals surface area (Å²) in [5.74, 6) is -0.339. The zero-order valence-electron chi connectivity index (χ0n) is 9.49. The van der Waals surface area contributed by atoms with Crippen LogP contribution in [0, 0.1) is 0 Å². The summed E-state index contributed by atoms with van der Waals surface area (Å²) in [6.45, 7) is 7.10. The molecule has 1 atom stereocenters. The van der Waals surface area contributed by atoms with Gasteiger partial charge in [-0.25, -0.2) is 4.79 Å². The van der Waals surface area contributed by atoms with Crippen LogP contribution in [-0.2, 0) is 9.53 Å². The summed E-state index contributed by atoms with van der Waals surface area (Å²) in [4.78, 5) is 11.4. The second-order valence-corrected chi connectivity index (χ2v) is 4.01. The fourth-order valence-electron chi connectivity index (χ4n) is 1.79. The second kappa shape index (κ2) is 3.97. The third kappa shape index (κ3) is 1.78. The first kappa shape index (κ1) is 10.7. The van der Waals surface area contributed by atoms with Crippen LogP contribution in [0.5, 0.6) is 0 Å². The minimum absolute atomic E-state index is 0.232. The van der Waals surface area contributed by atoms with Crippen molar-refractivity contribution in [2.24, 2.45) is 0 Å². The van der Waals surface area contributed by atoms with Gasteiger partial charge in [-0.3, -0.25) is 0 Å². The zero-order valence-corrected chi connectivity index (χ0v) is 9.49. The van der Waals surface area contributed by atoms with Crippen LogP contribution < -0.4 is 0 Å². The minimum Gasteiger partial charge on any atom is -0.454 e. The summed E-state index contributed by atoms with van der Waals surface area (Å²) in [7, 11) is 0. The van der Waals surface area contributed by atoms with Crippen molar-refractivity contribution in [2.75, 3.05) is 0 Å². The molecule has 0 aliphatic heterocycles. The van der Waals surface area contributed by atoms with E-state index >= 15 is 0 Å². The molecule has 0 aromatic heterocycles. The van der Waals surface area contributed by atoms with E-state index in [4.69, 9.17) is 4.74 Å². The predicted molar refractivity (Wildman–Crippen MR) is 63.8 cm³/mol. The summed E-state index contributed by atoms with van der Waals surface area (Å²) in [6, 6.07) is 0. The molecule has 2 nitrogen and oxygen atoms in total. The average Bonchev–Trinajstić information content (AvgIpc) is 2.77. The highest BCUT2D eigenvalue weighted by Crippen LogP contribution is 2.33. The van der Waals surface area contributed by atoms with E-state index in [1.807, 2.05) is 37.3 Å². The number of carbonyl (C=O) groups excluding carboxylic acids is 1. The highest BCUT2D eigenvalue weighted by atomic mass is 16.5. The smallest absolute Gasteiger partial charge is 0.333 e. The van der Waals surface area contributed by atoms with Crippen molar-refractivity contribution in [1.82, 2.24) is 0 Å². The van der Waals surface area contributed by atoms with Crippen LogP contribution in [0.4, 0.5) is 0 Å². The Morgan fingerprint density at radius 1 is 1.38 bits per heavy atom. The number of hydrogen-bond donors (Lipinski definition) is 0. The molecular weight excluding hydrogens is 200 g/mol. The molecule has 2 aliphatic rings. The van der Waals surface area contributed by atoms with Gasteiger partial charge in [0.25, 0.3) is 0 Å². The predicted octanol–water partition coefficient (Wildman–Crippen LogP) is 2.86. The van der Waals surface area contributed by atoms with Gasteiger partial charge in [0.05, 0.1) is 0 Å². The number of hydrogen-bond acceptors (Lipinski definition) is 2. The monoisotopic (exact) mass is 214 g/mol. The fourth-order valence-corrected chi connectivity index (χ4v) is 1.79. The molecule has 0 amide bonds. The van der Waals surface area contributed by atoms with Gasteiger partial charge in [0.1, 0.15) is 6.10 Å². The molecule has 0 saturated heterocycles. The van der Waals surface area contributed by atoms with E-state index in [9.17, 15) is 4.79 Å². The first-order valence-electron chi connectivity index (χ1n) is 5.27. The summed E-state index contributed by atoms with van der Waals surface area (Å²) in [5, 5.41) is 0. The average molecular weight is 214 g/mol. The third-order valence-corrected chi connectivity index (χ3v) is 2.67. The summed E-state index contributed by atoms with van der Waals surface area (Å²) < 4.78 is 5.30. The lowest BCUT2D eigenvalue weighted by molar-refractivity contribution is -0.141. The number of rotatable bonds is 3. The Morgan fingerprint density at radius 3 is 2.81 bits per heavy atom. The molecule has 0 aromatic carbocycles. The van der Waals surface area contributed by atoms with Crippen molar-refractivity contribution in [3.05, 3.63) is 59.3 Å². The first-order valence-corrected chi connectivity index (χ1v) is 5.27. The molecule has 0 N–H and O–H groups in total. The molecular formula is C14H14O2. The van der Waals surface area contributed by atoms with E-state index in [1.54, 1.807) is 6.92 Å². The Kier molecular flexibility index (Phi) is 2.65. The Hall–Kier alpha value is -1.83. The van der Waals surface area contributed by atoms with Crippen LogP contribution in [0.2, 0.25) is 0 Å². The van der Waals surface area contributed by atoms with Gasteiger partial charge >= 0.3 is 5.97 Å². The Labute approximate surface area is 95.3 Å². The molecule has 2 aliphatic carbocycles. The van der Waals surface area contributed by atoms with Gasteiger partial charge < -0.3 is 4.74 Å². The summed E-state index contributed by atoms with van der Waals surface area (Å²) in [6.07, 6.45) is 9.89. The van der Waals surface area contributed by atoms with Crippen molar-refractivity contribution in [2.45, 2.75) is 20.0 Å². The first-order chi connectivity index (χ1) is 7.59. The maximum absolute atomic E-state index is 11.4. The number of esters is 1. The van der Waals surface area contributed by atoms with Gasteiger partial charge in [-0.05, 0) is 25.0 Å². The van der Waals surface area contributed by atoms with Crippen LogP contribution in [0.1, 0.15) is 13.8 Å². The Morgan fingerprint density at radius 2 is 2.12 bits per heavy atom. The standard InChI is InChI=1S/C14H14O2/c1-9(2)14(15)16-10(3)12-8-7-11-5-4-6-13(11)12/h4-8,10H,1H2,2-3H3. The lowest BCUT2D eigenvalue weighted by atomic mass is 10.0. The Bertz CT molecular complexity index is 473. The number of fused-ring (bicyclic) bond motifs is 1. The molecule has 0 aromatic rings. The van der Waals surface area contributed by atoms with Crippen LogP contribution >= 0.6 is 0 Å². The summed E-state index contributed by atoms with van der Waals surface area (Å²) >= 11 is 0. The van der Waals surface area contributed by atoms with Gasteiger partial charge in [-0.15, -0.1) is 0 Å². The van der Waals surface area contributed by atoms with Crippen molar-refractivity contribution in [3.8, 4) is 0 Å². The molecule has 1 unspecified atom stereocenters. The summed E-state index contributed by atoms with van der Waals surface area (Å²) in [5.41, 5.74) is 3.82. The number of allylic oxidation sites excluding steroid dienone is 6. The third-order valence-electron chi connectivity index (χ3n) is 2.67. The SMILES string of the molecule is C=C(C)C(=O)OC(C)C1=CC=C2C=CC=C21. The lowest BCUT2D eigenvalue weighted by Crippen LogP contribution is -2.17. The quantitative estimate of drug-likeness (QED) is 0.533. The molecule has 0 bridgehead atoms. The maximum Gasteiger partial charge on any atom is 0.333 e. The largest absolute Gasteiger partial charge is 0.454 e. The van der Waals surface area contributed by atoms with E-state index in [0.717, 1.165) is 11.1 Å². The van der Waals surface area contributed by atoms with Crippen molar-refractivity contribution >= 4 is 5.97 Å². The van der Waals surface area contributed by atoms with E-state index < -0.39 is 0 Å². The molecule has 0 saturated carbocycles. The van der Waals surface area contributed by atoms with Gasteiger partial charge in [-0.2, -0.15) is 0 Å². The van der Waals surface area contributed by atoms with Crippen LogP contribution in [-0.4, -0.2) is 12.1 Å².